The summed E-state index contributed by atoms with van der Waals surface area (Å²) in [5, 5.41) is 10.7. The van der Waals surface area contributed by atoms with E-state index < -0.39 is 12.3 Å². The van der Waals surface area contributed by atoms with Crippen LogP contribution in [0.2, 0.25) is 0 Å². The highest BCUT2D eigenvalue weighted by atomic mass is 16.5. The number of hydrogen-bond acceptors (Lipinski definition) is 3. The van der Waals surface area contributed by atoms with E-state index >= 15 is 0 Å². The Hall–Kier alpha value is -1.81. The number of nitrogens with zero attached hydrogens (tertiary/aromatic N) is 2. The van der Waals surface area contributed by atoms with Gasteiger partial charge < -0.3 is 9.84 Å². The van der Waals surface area contributed by atoms with E-state index in [9.17, 15) is 5.11 Å². The van der Waals surface area contributed by atoms with Gasteiger partial charge >= 0.3 is 0 Å². The fourth-order valence-corrected chi connectivity index (χ4v) is 2.31. The monoisotopic (exact) mass is 316 g/mol. The van der Waals surface area contributed by atoms with Crippen LogP contribution >= 0.6 is 0 Å². The molecule has 2 aromatic rings. The highest BCUT2D eigenvalue weighted by molar-refractivity contribution is 5.31. The van der Waals surface area contributed by atoms with Crippen molar-refractivity contribution in [3.8, 4) is 5.75 Å². The van der Waals surface area contributed by atoms with Crippen LogP contribution in [0.3, 0.4) is 0 Å². The maximum absolute atomic E-state index is 10.7. The van der Waals surface area contributed by atoms with Gasteiger partial charge in [-0.05, 0) is 28.5 Å². The normalized spacial score (nSPS) is 15.3. The molecule has 2 atom stereocenters. The average molecular weight is 316 g/mol. The fraction of sp³-hybridized carbons (Fsp3) is 0.526. The van der Waals surface area contributed by atoms with Crippen LogP contribution in [0.5, 0.6) is 5.75 Å². The lowest BCUT2D eigenvalue weighted by molar-refractivity contribution is -0.0674. The van der Waals surface area contributed by atoms with Crippen LogP contribution in [0, 0.1) is 5.41 Å². The molecule has 0 aliphatic heterocycles. The van der Waals surface area contributed by atoms with Crippen molar-refractivity contribution in [1.82, 2.24) is 9.55 Å². The number of benzene rings is 1. The van der Waals surface area contributed by atoms with E-state index in [1.807, 2.05) is 39.1 Å². The Balaban J connectivity index is 2.25. The number of imidazole rings is 1. The Morgan fingerprint density at radius 1 is 1.04 bits per heavy atom. The molecule has 2 rings (SSSR count). The van der Waals surface area contributed by atoms with Gasteiger partial charge in [0.25, 0.3) is 0 Å². The second-order valence-corrected chi connectivity index (χ2v) is 8.10. The Morgan fingerprint density at radius 3 is 2.09 bits per heavy atom. The summed E-state index contributed by atoms with van der Waals surface area (Å²) in [6.45, 7) is 12.5. The number of hydrogen-bond donors (Lipinski definition) is 1. The second-order valence-electron chi connectivity index (χ2n) is 8.10. The molecule has 23 heavy (non-hydrogen) atoms. The molecule has 2 unspecified atom stereocenters. The van der Waals surface area contributed by atoms with E-state index in [0.29, 0.717) is 0 Å². The van der Waals surface area contributed by atoms with Gasteiger partial charge in [0.05, 0.1) is 6.33 Å². The molecular weight excluding hydrogens is 288 g/mol. The zero-order chi connectivity index (χ0) is 17.3. The summed E-state index contributed by atoms with van der Waals surface area (Å²) in [4.78, 5) is 4.07. The fourth-order valence-electron chi connectivity index (χ4n) is 2.31. The molecule has 4 heteroatoms. The Labute approximate surface area is 139 Å². The number of aliphatic hydroxyl groups is 1. The third-order valence-electron chi connectivity index (χ3n) is 3.95. The smallest absolute Gasteiger partial charge is 0.203 e. The molecule has 0 fully saturated rings. The van der Waals surface area contributed by atoms with E-state index in [0.717, 1.165) is 5.75 Å². The maximum Gasteiger partial charge on any atom is 0.203 e. The molecule has 0 amide bonds. The van der Waals surface area contributed by atoms with Gasteiger partial charge in [0.2, 0.25) is 6.23 Å². The molecule has 1 N–H and O–H groups in total. The van der Waals surface area contributed by atoms with Gasteiger partial charge in [-0.15, -0.1) is 0 Å². The lowest BCUT2D eigenvalue weighted by Crippen LogP contribution is -2.38. The van der Waals surface area contributed by atoms with E-state index in [1.165, 1.54) is 5.56 Å². The van der Waals surface area contributed by atoms with Crippen molar-refractivity contribution in [2.75, 3.05) is 0 Å². The van der Waals surface area contributed by atoms with Gasteiger partial charge in [-0.25, -0.2) is 4.98 Å². The summed E-state index contributed by atoms with van der Waals surface area (Å²) in [6, 6.07) is 8.06. The molecule has 1 heterocycles. The molecule has 0 aliphatic carbocycles. The van der Waals surface area contributed by atoms with Crippen LogP contribution < -0.4 is 4.74 Å². The minimum atomic E-state index is -0.668. The molecule has 0 saturated carbocycles. The van der Waals surface area contributed by atoms with Crippen molar-refractivity contribution in [1.29, 1.82) is 0 Å². The Morgan fingerprint density at radius 2 is 1.65 bits per heavy atom. The van der Waals surface area contributed by atoms with Crippen molar-refractivity contribution in [3.05, 3.63) is 48.5 Å². The largest absolute Gasteiger partial charge is 0.467 e. The Kier molecular flexibility index (Phi) is 4.85. The molecular formula is C19H28N2O2. The van der Waals surface area contributed by atoms with E-state index in [2.05, 4.69) is 37.9 Å². The lowest BCUT2D eigenvalue weighted by Gasteiger charge is -2.33. The Bertz CT molecular complexity index is 604. The summed E-state index contributed by atoms with van der Waals surface area (Å²) in [6.07, 6.45) is 3.98. The van der Waals surface area contributed by atoms with Crippen LogP contribution in [0.15, 0.2) is 43.0 Å². The lowest BCUT2D eigenvalue weighted by atomic mass is 9.87. The number of ether oxygens (including phenoxy) is 1. The number of aliphatic hydroxyl groups excluding tert-OH is 1. The molecule has 0 spiro atoms. The van der Waals surface area contributed by atoms with Crippen LogP contribution in [0.1, 0.15) is 53.3 Å². The van der Waals surface area contributed by atoms with Crippen LogP contribution in [0.4, 0.5) is 0 Å². The molecule has 1 aromatic carbocycles. The van der Waals surface area contributed by atoms with Gasteiger partial charge in [0.15, 0.2) is 0 Å². The van der Waals surface area contributed by atoms with Crippen molar-refractivity contribution >= 4 is 0 Å². The zero-order valence-electron chi connectivity index (χ0n) is 14.9. The van der Waals surface area contributed by atoms with Gasteiger partial charge in [0, 0.05) is 12.4 Å². The van der Waals surface area contributed by atoms with E-state index in [1.54, 1.807) is 17.1 Å². The molecule has 126 valence electrons. The minimum absolute atomic E-state index is 0.104. The third-order valence-corrected chi connectivity index (χ3v) is 3.95. The zero-order valence-corrected chi connectivity index (χ0v) is 14.9. The van der Waals surface area contributed by atoms with Crippen molar-refractivity contribution < 1.29 is 9.84 Å². The predicted molar refractivity (Wildman–Crippen MR) is 92.5 cm³/mol. The molecule has 4 nitrogen and oxygen atoms in total. The second kappa shape index (κ2) is 6.36. The van der Waals surface area contributed by atoms with Gasteiger partial charge in [-0.1, -0.05) is 53.7 Å². The summed E-state index contributed by atoms with van der Waals surface area (Å²) < 4.78 is 7.89. The topological polar surface area (TPSA) is 47.3 Å². The van der Waals surface area contributed by atoms with Crippen LogP contribution in [-0.2, 0) is 5.41 Å². The standard InChI is InChI=1S/C19H28N2O2/c1-18(2,3)14-7-9-15(10-8-14)23-17(16(22)19(4,5)6)21-12-11-20-13-21/h7-13,16-17,22H,1-6H3. The van der Waals surface area contributed by atoms with Crippen molar-refractivity contribution in [2.24, 2.45) is 5.41 Å². The van der Waals surface area contributed by atoms with E-state index in [4.69, 9.17) is 4.74 Å². The average Bonchev–Trinajstić information content (AvgIpc) is 2.96. The summed E-state index contributed by atoms with van der Waals surface area (Å²) in [7, 11) is 0. The molecule has 0 bridgehead atoms. The molecule has 0 saturated heterocycles. The molecule has 0 radical (unpaired) electrons. The first kappa shape index (κ1) is 17.5. The minimum Gasteiger partial charge on any atom is -0.467 e. The van der Waals surface area contributed by atoms with Crippen LogP contribution in [0.25, 0.3) is 0 Å². The predicted octanol–water partition coefficient (Wildman–Crippen LogP) is 4.17. The highest BCUT2D eigenvalue weighted by Gasteiger charge is 2.33. The SMILES string of the molecule is CC(C)(C)c1ccc(OC(C(O)C(C)(C)C)n2ccnc2)cc1. The van der Waals surface area contributed by atoms with Gasteiger partial charge in [0.1, 0.15) is 11.9 Å². The first-order chi connectivity index (χ1) is 10.6. The first-order valence-electron chi connectivity index (χ1n) is 8.02. The molecule has 1 aromatic heterocycles. The summed E-state index contributed by atoms with van der Waals surface area (Å²) in [5.74, 6) is 0.736. The van der Waals surface area contributed by atoms with Gasteiger partial charge in [-0.3, -0.25) is 4.57 Å². The van der Waals surface area contributed by atoms with Gasteiger partial charge in [-0.2, -0.15) is 0 Å². The molecule has 0 aliphatic rings. The maximum atomic E-state index is 10.7. The first-order valence-corrected chi connectivity index (χ1v) is 8.02. The third kappa shape index (κ3) is 4.35. The van der Waals surface area contributed by atoms with Crippen molar-refractivity contribution in [3.63, 3.8) is 0 Å². The summed E-state index contributed by atoms with van der Waals surface area (Å²) in [5.41, 5.74) is 1.05. The van der Waals surface area contributed by atoms with Crippen molar-refractivity contribution in [2.45, 2.75) is 59.3 Å². The number of rotatable bonds is 4. The quantitative estimate of drug-likeness (QED) is 0.921. The van der Waals surface area contributed by atoms with E-state index in [-0.39, 0.29) is 10.8 Å². The van der Waals surface area contributed by atoms with Crippen LogP contribution in [-0.4, -0.2) is 20.8 Å². The number of aromatic nitrogens is 2. The highest BCUT2D eigenvalue weighted by Crippen LogP contribution is 2.31. The summed E-state index contributed by atoms with van der Waals surface area (Å²) >= 11 is 0.